The predicted molar refractivity (Wildman–Crippen MR) is 90.1 cm³/mol. The zero-order valence-corrected chi connectivity index (χ0v) is 13.5. The average molecular weight is 333 g/mol. The van der Waals surface area contributed by atoms with Gasteiger partial charge in [-0.05, 0) is 49.7 Å². The lowest BCUT2D eigenvalue weighted by Gasteiger charge is -2.14. The van der Waals surface area contributed by atoms with E-state index in [0.29, 0.717) is 16.3 Å². The van der Waals surface area contributed by atoms with Crippen LogP contribution in [-0.4, -0.2) is 23.3 Å². The summed E-state index contributed by atoms with van der Waals surface area (Å²) >= 11 is 5.88. The van der Waals surface area contributed by atoms with E-state index in [1.807, 2.05) is 6.92 Å². The Bertz CT molecular complexity index is 732. The van der Waals surface area contributed by atoms with Gasteiger partial charge in [0.1, 0.15) is 11.5 Å². The average Bonchev–Trinajstić information content (AvgIpc) is 2.51. The highest BCUT2D eigenvalue weighted by Crippen LogP contribution is 2.22. The Kier molecular flexibility index (Phi) is 5.60. The van der Waals surface area contributed by atoms with E-state index >= 15 is 0 Å². The molecule has 1 amide bonds. The van der Waals surface area contributed by atoms with Crippen molar-refractivity contribution in [1.29, 1.82) is 0 Å². The standard InChI is InChI=1S/C17H17ClN2O3/c1-11-9-14(18)7-8-16(11)23-12(2)17(22)20-19-10-13-5-3-4-6-15(13)21/h3-10,12,21H,1-2H3,(H,20,22)/b19-10+/t12-/m1/s1. The normalized spacial score (nSPS) is 12.1. The smallest absolute Gasteiger partial charge is 0.280 e. The Morgan fingerprint density at radius 2 is 2.09 bits per heavy atom. The number of amides is 1. The first-order chi connectivity index (χ1) is 11.0. The van der Waals surface area contributed by atoms with Gasteiger partial charge in [0, 0.05) is 10.6 Å². The third-order valence-electron chi connectivity index (χ3n) is 3.13. The number of nitrogens with zero attached hydrogens (tertiary/aromatic N) is 1. The van der Waals surface area contributed by atoms with E-state index in [2.05, 4.69) is 10.5 Å². The second-order valence-corrected chi connectivity index (χ2v) is 5.40. The van der Waals surface area contributed by atoms with Gasteiger partial charge in [0.15, 0.2) is 6.10 Å². The monoisotopic (exact) mass is 332 g/mol. The molecule has 0 spiro atoms. The third kappa shape index (κ3) is 4.72. The van der Waals surface area contributed by atoms with Gasteiger partial charge in [-0.2, -0.15) is 5.10 Å². The van der Waals surface area contributed by atoms with Gasteiger partial charge in [0.05, 0.1) is 6.21 Å². The van der Waals surface area contributed by atoms with Crippen molar-refractivity contribution in [3.05, 3.63) is 58.6 Å². The summed E-state index contributed by atoms with van der Waals surface area (Å²) < 4.78 is 5.59. The van der Waals surface area contributed by atoms with Crippen LogP contribution in [0.4, 0.5) is 0 Å². The quantitative estimate of drug-likeness (QED) is 0.652. The highest BCUT2D eigenvalue weighted by atomic mass is 35.5. The molecule has 2 aromatic carbocycles. The van der Waals surface area contributed by atoms with Crippen LogP contribution in [0.25, 0.3) is 0 Å². The number of halogens is 1. The van der Waals surface area contributed by atoms with Gasteiger partial charge < -0.3 is 9.84 Å². The summed E-state index contributed by atoms with van der Waals surface area (Å²) in [4.78, 5) is 12.0. The molecule has 0 saturated heterocycles. The lowest BCUT2D eigenvalue weighted by molar-refractivity contribution is -0.127. The van der Waals surface area contributed by atoms with Gasteiger partial charge in [-0.15, -0.1) is 0 Å². The Morgan fingerprint density at radius 1 is 1.35 bits per heavy atom. The number of ether oxygens (including phenoxy) is 1. The number of aryl methyl sites for hydroxylation is 1. The van der Waals surface area contributed by atoms with Crippen molar-refractivity contribution < 1.29 is 14.6 Å². The van der Waals surface area contributed by atoms with Gasteiger partial charge in [0.25, 0.3) is 5.91 Å². The lowest BCUT2D eigenvalue weighted by atomic mass is 10.2. The predicted octanol–water partition coefficient (Wildman–Crippen LogP) is 3.27. The fourth-order valence-corrected chi connectivity index (χ4v) is 2.07. The first-order valence-corrected chi connectivity index (χ1v) is 7.39. The SMILES string of the molecule is Cc1cc(Cl)ccc1O[C@H](C)C(=O)N/N=C/c1ccccc1O. The van der Waals surface area contributed by atoms with E-state index in [0.717, 1.165) is 5.56 Å². The number of phenolic OH excluding ortho intramolecular Hbond substituents is 1. The lowest BCUT2D eigenvalue weighted by Crippen LogP contribution is -2.33. The highest BCUT2D eigenvalue weighted by molar-refractivity contribution is 6.30. The second-order valence-electron chi connectivity index (χ2n) is 4.96. The molecule has 5 nitrogen and oxygen atoms in total. The van der Waals surface area contributed by atoms with E-state index < -0.39 is 12.0 Å². The maximum Gasteiger partial charge on any atom is 0.280 e. The van der Waals surface area contributed by atoms with Crippen LogP contribution in [0, 0.1) is 6.92 Å². The van der Waals surface area contributed by atoms with Crippen LogP contribution in [0.3, 0.4) is 0 Å². The first-order valence-electron chi connectivity index (χ1n) is 7.01. The van der Waals surface area contributed by atoms with E-state index in [4.69, 9.17) is 16.3 Å². The number of carbonyl (C=O) groups is 1. The zero-order chi connectivity index (χ0) is 16.8. The maximum atomic E-state index is 12.0. The zero-order valence-electron chi connectivity index (χ0n) is 12.8. The fourth-order valence-electron chi connectivity index (χ4n) is 1.84. The molecule has 0 aromatic heterocycles. The van der Waals surface area contributed by atoms with Crippen molar-refractivity contribution >= 4 is 23.7 Å². The molecule has 0 aliphatic heterocycles. The molecular formula is C17H17ClN2O3. The molecule has 0 unspecified atom stereocenters. The molecule has 0 fully saturated rings. The molecular weight excluding hydrogens is 316 g/mol. The molecule has 0 aliphatic rings. The molecule has 2 aromatic rings. The van der Waals surface area contributed by atoms with Gasteiger partial charge >= 0.3 is 0 Å². The van der Waals surface area contributed by atoms with Crippen LogP contribution in [0.1, 0.15) is 18.1 Å². The van der Waals surface area contributed by atoms with E-state index in [1.165, 1.54) is 12.3 Å². The number of benzene rings is 2. The summed E-state index contributed by atoms with van der Waals surface area (Å²) in [5, 5.41) is 14.0. The van der Waals surface area contributed by atoms with Crippen LogP contribution >= 0.6 is 11.6 Å². The minimum absolute atomic E-state index is 0.0894. The number of hydrogen-bond donors (Lipinski definition) is 2. The van der Waals surface area contributed by atoms with Crippen molar-refractivity contribution in [3.63, 3.8) is 0 Å². The minimum atomic E-state index is -0.726. The maximum absolute atomic E-state index is 12.0. The topological polar surface area (TPSA) is 70.9 Å². The summed E-state index contributed by atoms with van der Waals surface area (Å²) in [6, 6.07) is 11.9. The van der Waals surface area contributed by atoms with Gasteiger partial charge in [-0.3, -0.25) is 4.79 Å². The first kappa shape index (κ1) is 16.8. The van der Waals surface area contributed by atoms with Gasteiger partial charge in [-0.1, -0.05) is 23.7 Å². The molecule has 2 N–H and O–H groups in total. The summed E-state index contributed by atoms with van der Waals surface area (Å²) in [5.41, 5.74) is 3.73. The molecule has 2 rings (SSSR count). The van der Waals surface area contributed by atoms with Crippen molar-refractivity contribution in [1.82, 2.24) is 5.43 Å². The number of hydrazone groups is 1. The van der Waals surface area contributed by atoms with Crippen molar-refractivity contribution in [3.8, 4) is 11.5 Å². The third-order valence-corrected chi connectivity index (χ3v) is 3.36. The second kappa shape index (κ2) is 7.65. The number of phenols is 1. The van der Waals surface area contributed by atoms with Crippen molar-refractivity contribution in [2.75, 3.05) is 0 Å². The summed E-state index contributed by atoms with van der Waals surface area (Å²) in [7, 11) is 0. The molecule has 6 heteroatoms. The fraction of sp³-hybridized carbons (Fsp3) is 0.176. The van der Waals surface area contributed by atoms with Crippen LogP contribution < -0.4 is 10.2 Å². The van der Waals surface area contributed by atoms with E-state index in [9.17, 15) is 9.90 Å². The molecule has 23 heavy (non-hydrogen) atoms. The number of carbonyl (C=O) groups excluding carboxylic acids is 1. The number of para-hydroxylation sites is 1. The Labute approximate surface area is 139 Å². The number of aromatic hydroxyl groups is 1. The number of nitrogens with one attached hydrogen (secondary N) is 1. The summed E-state index contributed by atoms with van der Waals surface area (Å²) in [6.45, 7) is 3.47. The van der Waals surface area contributed by atoms with Gasteiger partial charge in [0.2, 0.25) is 0 Å². The number of hydrogen-bond acceptors (Lipinski definition) is 4. The summed E-state index contributed by atoms with van der Waals surface area (Å²) in [6.07, 6.45) is 0.643. The van der Waals surface area contributed by atoms with Crippen molar-refractivity contribution in [2.24, 2.45) is 5.10 Å². The number of rotatable bonds is 5. The molecule has 0 heterocycles. The van der Waals surface area contributed by atoms with Crippen LogP contribution in [0.5, 0.6) is 11.5 Å². The molecule has 0 bridgehead atoms. The van der Waals surface area contributed by atoms with Gasteiger partial charge in [-0.25, -0.2) is 5.43 Å². The Morgan fingerprint density at radius 3 is 2.78 bits per heavy atom. The van der Waals surface area contributed by atoms with Crippen LogP contribution in [0.15, 0.2) is 47.6 Å². The molecule has 1 atom stereocenters. The van der Waals surface area contributed by atoms with E-state index in [1.54, 1.807) is 43.3 Å². The van der Waals surface area contributed by atoms with Crippen molar-refractivity contribution in [2.45, 2.75) is 20.0 Å². The highest BCUT2D eigenvalue weighted by Gasteiger charge is 2.15. The molecule has 120 valence electrons. The Hall–Kier alpha value is -2.53. The molecule has 0 aliphatic carbocycles. The van der Waals surface area contributed by atoms with Crippen LogP contribution in [-0.2, 0) is 4.79 Å². The largest absolute Gasteiger partial charge is 0.507 e. The van der Waals surface area contributed by atoms with Crippen LogP contribution in [0.2, 0.25) is 5.02 Å². The Balaban J connectivity index is 1.94. The van der Waals surface area contributed by atoms with E-state index in [-0.39, 0.29) is 5.75 Å². The minimum Gasteiger partial charge on any atom is -0.507 e. The summed E-state index contributed by atoms with van der Waals surface area (Å²) in [5.74, 6) is 0.277. The molecule has 0 saturated carbocycles. The molecule has 0 radical (unpaired) electrons.